The summed E-state index contributed by atoms with van der Waals surface area (Å²) in [6.45, 7) is 6.42. The van der Waals surface area contributed by atoms with Crippen LogP contribution in [0.5, 0.6) is 0 Å². The van der Waals surface area contributed by atoms with Crippen LogP contribution in [0.4, 0.5) is 5.69 Å². The summed E-state index contributed by atoms with van der Waals surface area (Å²) < 4.78 is 9.96. The third-order valence-electron chi connectivity index (χ3n) is 4.04. The van der Waals surface area contributed by atoms with Gasteiger partial charge >= 0.3 is 17.9 Å². The Hall–Kier alpha value is -2.65. The molecule has 168 valence electrons. The molecule has 1 aromatic rings. The molecule has 0 spiro atoms. The highest BCUT2D eigenvalue weighted by atomic mass is 16.6. The second-order valence-corrected chi connectivity index (χ2v) is 7.80. The number of benzene rings is 1. The number of hydrogen-bond acceptors (Lipinski definition) is 8. The molecule has 0 heterocycles. The molecule has 1 aromatic carbocycles. The number of carboxylic acids is 1. The van der Waals surface area contributed by atoms with Crippen molar-refractivity contribution in [3.05, 3.63) is 29.3 Å². The first-order valence-electron chi connectivity index (χ1n) is 9.81. The third kappa shape index (κ3) is 9.23. The minimum Gasteiger partial charge on any atom is -0.480 e. The number of anilines is 1. The normalized spacial score (nSPS) is 12.2. The number of aliphatic carboxylic acids is 1. The Morgan fingerprint density at radius 1 is 1.17 bits per heavy atom. The first-order valence-corrected chi connectivity index (χ1v) is 9.81. The van der Waals surface area contributed by atoms with Gasteiger partial charge in [0.15, 0.2) is 0 Å². The molecule has 0 aliphatic rings. The topological polar surface area (TPSA) is 134 Å². The average Bonchev–Trinajstić information content (AvgIpc) is 2.66. The van der Waals surface area contributed by atoms with E-state index in [9.17, 15) is 19.5 Å². The Morgan fingerprint density at radius 2 is 1.87 bits per heavy atom. The summed E-state index contributed by atoms with van der Waals surface area (Å²) in [6.07, 6.45) is 1.09. The highest BCUT2D eigenvalue weighted by Crippen LogP contribution is 2.22. The van der Waals surface area contributed by atoms with E-state index in [-0.39, 0.29) is 13.0 Å². The largest absolute Gasteiger partial charge is 0.480 e. The lowest BCUT2D eigenvalue weighted by Crippen LogP contribution is -2.33. The Bertz CT molecular complexity index is 729. The molecule has 0 saturated carbocycles. The van der Waals surface area contributed by atoms with Gasteiger partial charge in [0.2, 0.25) is 0 Å². The molecular weight excluding hydrogens is 392 g/mol. The molecule has 0 aliphatic heterocycles. The van der Waals surface area contributed by atoms with Crippen molar-refractivity contribution in [1.29, 1.82) is 0 Å². The van der Waals surface area contributed by atoms with Gasteiger partial charge in [-0.25, -0.2) is 9.59 Å². The molecule has 0 amide bonds. The minimum atomic E-state index is -1.20. The van der Waals surface area contributed by atoms with Crippen molar-refractivity contribution in [3.63, 3.8) is 0 Å². The predicted molar refractivity (Wildman–Crippen MR) is 111 cm³/mol. The fourth-order valence-corrected chi connectivity index (χ4v) is 2.57. The molecule has 30 heavy (non-hydrogen) atoms. The quantitative estimate of drug-likeness (QED) is 0.293. The van der Waals surface area contributed by atoms with E-state index >= 15 is 0 Å². The highest BCUT2D eigenvalue weighted by molar-refractivity contribution is 5.91. The summed E-state index contributed by atoms with van der Waals surface area (Å²) in [7, 11) is 1.19. The maximum Gasteiger partial charge on any atom is 0.338 e. The van der Waals surface area contributed by atoms with Crippen LogP contribution in [0.3, 0.4) is 0 Å². The summed E-state index contributed by atoms with van der Waals surface area (Å²) in [5.74, 6) is -2.33. The molecule has 0 unspecified atom stereocenters. The van der Waals surface area contributed by atoms with Crippen LogP contribution in [0.15, 0.2) is 18.2 Å². The second-order valence-electron chi connectivity index (χ2n) is 7.80. The van der Waals surface area contributed by atoms with Gasteiger partial charge in [-0.15, -0.1) is 0 Å². The van der Waals surface area contributed by atoms with Crippen LogP contribution in [0.1, 0.15) is 56.0 Å². The van der Waals surface area contributed by atoms with Gasteiger partial charge in [-0.3, -0.25) is 4.79 Å². The first-order chi connectivity index (χ1) is 14.1. The van der Waals surface area contributed by atoms with E-state index in [4.69, 9.17) is 9.84 Å². The van der Waals surface area contributed by atoms with E-state index in [1.54, 1.807) is 39.0 Å². The predicted octanol–water partition coefficient (Wildman–Crippen LogP) is 1.93. The van der Waals surface area contributed by atoms with Crippen LogP contribution >= 0.6 is 0 Å². The Balaban J connectivity index is 3.07. The molecule has 1 rings (SSSR count). The van der Waals surface area contributed by atoms with Crippen molar-refractivity contribution >= 4 is 23.6 Å². The summed E-state index contributed by atoms with van der Waals surface area (Å²) in [5.41, 5.74) is 0.820. The number of methoxy groups -OCH3 is 1. The van der Waals surface area contributed by atoms with E-state index in [2.05, 4.69) is 15.4 Å². The molecular formula is C21H32N2O7. The Morgan fingerprint density at radius 3 is 2.43 bits per heavy atom. The number of hydrogen-bond donors (Lipinski definition) is 4. The van der Waals surface area contributed by atoms with Crippen LogP contribution in [-0.2, 0) is 25.6 Å². The molecule has 0 aromatic heterocycles. The van der Waals surface area contributed by atoms with E-state index in [1.807, 2.05) is 0 Å². The zero-order chi connectivity index (χ0) is 22.7. The SMILES string of the molecule is COC(=O)C[C@H](Nc1ccc(C(=O)OC(C)(C)C)cc1CNCCCCO)C(=O)O. The van der Waals surface area contributed by atoms with Crippen LogP contribution < -0.4 is 10.6 Å². The number of carbonyl (C=O) groups excluding carboxylic acids is 2. The average molecular weight is 424 g/mol. The number of esters is 2. The number of nitrogens with one attached hydrogen (secondary N) is 2. The number of aliphatic hydroxyl groups excluding tert-OH is 1. The maximum atomic E-state index is 12.4. The van der Waals surface area contributed by atoms with Crippen molar-refractivity contribution in [3.8, 4) is 0 Å². The van der Waals surface area contributed by atoms with Crippen molar-refractivity contribution in [2.24, 2.45) is 0 Å². The lowest BCUT2D eigenvalue weighted by molar-refractivity contribution is -0.146. The highest BCUT2D eigenvalue weighted by Gasteiger charge is 2.24. The van der Waals surface area contributed by atoms with Crippen LogP contribution in [0, 0.1) is 0 Å². The van der Waals surface area contributed by atoms with E-state index in [0.717, 1.165) is 6.42 Å². The molecule has 0 radical (unpaired) electrons. The van der Waals surface area contributed by atoms with Crippen molar-refractivity contribution in [2.75, 3.05) is 25.6 Å². The second kappa shape index (κ2) is 12.1. The van der Waals surface area contributed by atoms with Gasteiger partial charge < -0.3 is 30.3 Å². The van der Waals surface area contributed by atoms with E-state index in [1.165, 1.54) is 7.11 Å². The molecule has 4 N–H and O–H groups in total. The monoisotopic (exact) mass is 424 g/mol. The molecule has 9 nitrogen and oxygen atoms in total. The Labute approximate surface area is 176 Å². The lowest BCUT2D eigenvalue weighted by atomic mass is 10.1. The number of aliphatic hydroxyl groups is 1. The fraction of sp³-hybridized carbons (Fsp3) is 0.571. The first kappa shape index (κ1) is 25.4. The van der Waals surface area contributed by atoms with Gasteiger partial charge in [0.1, 0.15) is 11.6 Å². The van der Waals surface area contributed by atoms with Gasteiger partial charge in [0.05, 0.1) is 19.1 Å². The zero-order valence-electron chi connectivity index (χ0n) is 18.0. The smallest absolute Gasteiger partial charge is 0.338 e. The van der Waals surface area contributed by atoms with Gasteiger partial charge in [-0.05, 0) is 63.9 Å². The zero-order valence-corrected chi connectivity index (χ0v) is 18.0. The van der Waals surface area contributed by atoms with Crippen molar-refractivity contribution < 1.29 is 34.1 Å². The van der Waals surface area contributed by atoms with Gasteiger partial charge in [0.25, 0.3) is 0 Å². The Kier molecular flexibility index (Phi) is 10.3. The number of rotatable bonds is 12. The molecule has 0 bridgehead atoms. The summed E-state index contributed by atoms with van der Waals surface area (Å²) in [5, 5.41) is 24.4. The summed E-state index contributed by atoms with van der Waals surface area (Å²) in [4.78, 5) is 35.5. The standard InChI is InChI=1S/C21H32N2O7/c1-21(2,3)30-20(28)14-7-8-16(15(11-14)13-22-9-5-6-10-24)23-17(19(26)27)12-18(25)29-4/h7-8,11,17,22-24H,5-6,9-10,12-13H2,1-4H3,(H,26,27)/t17-/m0/s1. The number of ether oxygens (including phenoxy) is 2. The van der Waals surface area contributed by atoms with Gasteiger partial charge in [-0.2, -0.15) is 0 Å². The van der Waals surface area contributed by atoms with Gasteiger partial charge in [-0.1, -0.05) is 0 Å². The lowest BCUT2D eigenvalue weighted by Gasteiger charge is -2.21. The maximum absolute atomic E-state index is 12.4. The molecule has 1 atom stereocenters. The molecule has 0 aliphatic carbocycles. The molecule has 9 heteroatoms. The molecule has 0 saturated heterocycles. The van der Waals surface area contributed by atoms with Crippen LogP contribution in [-0.4, -0.2) is 60.0 Å². The van der Waals surface area contributed by atoms with Gasteiger partial charge in [0, 0.05) is 18.8 Å². The third-order valence-corrected chi connectivity index (χ3v) is 4.04. The van der Waals surface area contributed by atoms with E-state index in [0.29, 0.717) is 36.3 Å². The number of carboxylic acid groups (broad SMARTS) is 1. The van der Waals surface area contributed by atoms with Crippen molar-refractivity contribution in [1.82, 2.24) is 5.32 Å². The van der Waals surface area contributed by atoms with Crippen LogP contribution in [0.2, 0.25) is 0 Å². The number of unbranched alkanes of at least 4 members (excludes halogenated alkanes) is 1. The van der Waals surface area contributed by atoms with E-state index < -0.39 is 29.6 Å². The molecule has 0 fully saturated rings. The fourth-order valence-electron chi connectivity index (χ4n) is 2.57. The van der Waals surface area contributed by atoms with Crippen molar-refractivity contribution in [2.45, 2.75) is 58.2 Å². The summed E-state index contributed by atoms with van der Waals surface area (Å²) in [6, 6.07) is 3.59. The minimum absolute atomic E-state index is 0.108. The number of carbonyl (C=O) groups is 3. The summed E-state index contributed by atoms with van der Waals surface area (Å²) >= 11 is 0. The van der Waals surface area contributed by atoms with Crippen LogP contribution in [0.25, 0.3) is 0 Å².